The first-order valence-electron chi connectivity index (χ1n) is 6.49. The normalized spacial score (nSPS) is 14.2. The molecule has 1 amide bonds. The van der Waals surface area contributed by atoms with Crippen LogP contribution in [0.25, 0.3) is 0 Å². The van der Waals surface area contributed by atoms with Crippen LogP contribution < -0.4 is 0 Å². The van der Waals surface area contributed by atoms with Crippen LogP contribution in [0.5, 0.6) is 0 Å². The van der Waals surface area contributed by atoms with Crippen molar-refractivity contribution in [3.05, 3.63) is 17.5 Å². The molecule has 0 aromatic carbocycles. The Morgan fingerprint density at radius 3 is 2.89 bits per heavy atom. The number of amides is 1. The Morgan fingerprint density at radius 1 is 1.53 bits per heavy atom. The lowest BCUT2D eigenvalue weighted by Gasteiger charge is -2.14. The first kappa shape index (κ1) is 13.6. The number of ether oxygens (including phenoxy) is 1. The van der Waals surface area contributed by atoms with E-state index in [2.05, 4.69) is 5.16 Å². The van der Waals surface area contributed by atoms with Crippen LogP contribution in [0.2, 0.25) is 0 Å². The summed E-state index contributed by atoms with van der Waals surface area (Å²) in [6.45, 7) is 2.41. The van der Waals surface area contributed by atoms with Gasteiger partial charge in [-0.25, -0.2) is 0 Å². The minimum absolute atomic E-state index is 0.184. The van der Waals surface area contributed by atoms with E-state index in [9.17, 15) is 9.59 Å². The monoisotopic (exact) mass is 266 g/mol. The van der Waals surface area contributed by atoms with E-state index < -0.39 is 0 Å². The second-order valence-electron chi connectivity index (χ2n) is 4.67. The molecule has 0 atom stereocenters. The summed E-state index contributed by atoms with van der Waals surface area (Å²) >= 11 is 0. The van der Waals surface area contributed by atoms with Crippen LogP contribution >= 0.6 is 0 Å². The molecule has 0 radical (unpaired) electrons. The van der Waals surface area contributed by atoms with Crippen molar-refractivity contribution >= 4 is 11.9 Å². The lowest BCUT2D eigenvalue weighted by molar-refractivity contribution is -0.143. The molecule has 1 aliphatic carbocycles. The maximum absolute atomic E-state index is 12.0. The number of rotatable bonds is 6. The van der Waals surface area contributed by atoms with Gasteiger partial charge in [-0.1, -0.05) is 5.16 Å². The molecule has 19 heavy (non-hydrogen) atoms. The molecule has 1 aliphatic rings. The number of nitrogens with zero attached hydrogens (tertiary/aromatic N) is 2. The van der Waals surface area contributed by atoms with Gasteiger partial charge < -0.3 is 14.2 Å². The van der Waals surface area contributed by atoms with E-state index in [-0.39, 0.29) is 18.3 Å². The highest BCUT2D eigenvalue weighted by atomic mass is 16.5. The van der Waals surface area contributed by atoms with E-state index in [4.69, 9.17) is 9.26 Å². The molecule has 1 saturated carbocycles. The minimum Gasteiger partial charge on any atom is -0.466 e. The van der Waals surface area contributed by atoms with Crippen molar-refractivity contribution in [3.8, 4) is 0 Å². The summed E-state index contributed by atoms with van der Waals surface area (Å²) in [4.78, 5) is 24.7. The maximum atomic E-state index is 12.0. The van der Waals surface area contributed by atoms with Crippen molar-refractivity contribution in [2.75, 3.05) is 20.2 Å². The van der Waals surface area contributed by atoms with Gasteiger partial charge in [0.15, 0.2) is 5.69 Å². The van der Waals surface area contributed by atoms with Crippen molar-refractivity contribution in [2.45, 2.75) is 32.1 Å². The number of carbonyl (C=O) groups excluding carboxylic acids is 2. The van der Waals surface area contributed by atoms with Crippen molar-refractivity contribution in [2.24, 2.45) is 0 Å². The highest BCUT2D eigenvalue weighted by Crippen LogP contribution is 2.40. The summed E-state index contributed by atoms with van der Waals surface area (Å²) in [5.41, 5.74) is 0.299. The largest absolute Gasteiger partial charge is 0.466 e. The Labute approximate surface area is 111 Å². The smallest absolute Gasteiger partial charge is 0.307 e. The van der Waals surface area contributed by atoms with Gasteiger partial charge in [0.05, 0.1) is 13.0 Å². The molecule has 1 aromatic heterocycles. The summed E-state index contributed by atoms with van der Waals surface area (Å²) in [7, 11) is 1.63. The predicted molar refractivity (Wildman–Crippen MR) is 66.7 cm³/mol. The second-order valence-corrected chi connectivity index (χ2v) is 4.67. The van der Waals surface area contributed by atoms with Crippen LogP contribution in [0, 0.1) is 0 Å². The maximum Gasteiger partial charge on any atom is 0.307 e. The highest BCUT2D eigenvalue weighted by molar-refractivity contribution is 5.92. The molecular formula is C13H18N2O4. The van der Waals surface area contributed by atoms with Crippen LogP contribution in [0.1, 0.15) is 48.4 Å². The van der Waals surface area contributed by atoms with Gasteiger partial charge in [-0.15, -0.1) is 0 Å². The molecule has 6 heteroatoms. The minimum atomic E-state index is -0.305. The molecule has 1 aromatic rings. The Hall–Kier alpha value is -1.85. The average Bonchev–Trinajstić information content (AvgIpc) is 3.13. The number of hydrogen-bond donors (Lipinski definition) is 0. The summed E-state index contributed by atoms with van der Waals surface area (Å²) in [6.07, 6.45) is 2.38. The van der Waals surface area contributed by atoms with Crippen molar-refractivity contribution < 1.29 is 18.8 Å². The van der Waals surface area contributed by atoms with Crippen LogP contribution in [-0.2, 0) is 9.53 Å². The van der Waals surface area contributed by atoms with E-state index in [1.54, 1.807) is 20.0 Å². The third-order valence-electron chi connectivity index (χ3n) is 3.03. The topological polar surface area (TPSA) is 72.6 Å². The SMILES string of the molecule is CCOC(=O)CCN(C)C(=O)c1cc(C2CC2)on1. The first-order chi connectivity index (χ1) is 9.11. The molecule has 0 aliphatic heterocycles. The highest BCUT2D eigenvalue weighted by Gasteiger charge is 2.29. The van der Waals surface area contributed by atoms with Crippen molar-refractivity contribution in [1.82, 2.24) is 10.1 Å². The zero-order valence-electron chi connectivity index (χ0n) is 11.2. The Bertz CT molecular complexity index is 465. The molecular weight excluding hydrogens is 248 g/mol. The summed E-state index contributed by atoms with van der Waals surface area (Å²) in [5.74, 6) is 0.668. The molecule has 1 heterocycles. The van der Waals surface area contributed by atoms with Crippen molar-refractivity contribution in [3.63, 3.8) is 0 Å². The fourth-order valence-electron chi connectivity index (χ4n) is 1.74. The van der Waals surface area contributed by atoms with Crippen LogP contribution in [0.4, 0.5) is 0 Å². The molecule has 0 N–H and O–H groups in total. The predicted octanol–water partition coefficient (Wildman–Crippen LogP) is 1.58. The van der Waals surface area contributed by atoms with Gasteiger partial charge in [0.25, 0.3) is 5.91 Å². The second kappa shape index (κ2) is 5.86. The average molecular weight is 266 g/mol. The van der Waals surface area contributed by atoms with E-state index in [1.165, 1.54) is 4.90 Å². The molecule has 0 saturated heterocycles. The Morgan fingerprint density at radius 2 is 2.26 bits per heavy atom. The van der Waals surface area contributed by atoms with Crippen LogP contribution in [-0.4, -0.2) is 42.1 Å². The van der Waals surface area contributed by atoms with E-state index in [0.29, 0.717) is 24.8 Å². The van der Waals surface area contributed by atoms with Gasteiger partial charge >= 0.3 is 5.97 Å². The Kier molecular flexibility index (Phi) is 4.19. The first-order valence-corrected chi connectivity index (χ1v) is 6.49. The number of hydrogen-bond acceptors (Lipinski definition) is 5. The summed E-state index contributed by atoms with van der Waals surface area (Å²) in [6, 6.07) is 1.70. The summed E-state index contributed by atoms with van der Waals surface area (Å²) < 4.78 is 9.95. The molecule has 0 spiro atoms. The van der Waals surface area contributed by atoms with E-state index in [0.717, 1.165) is 18.6 Å². The lowest BCUT2D eigenvalue weighted by Crippen LogP contribution is -2.29. The lowest BCUT2D eigenvalue weighted by atomic mass is 10.2. The quantitative estimate of drug-likeness (QED) is 0.731. The zero-order chi connectivity index (χ0) is 13.8. The van der Waals surface area contributed by atoms with Crippen molar-refractivity contribution in [1.29, 1.82) is 0 Å². The van der Waals surface area contributed by atoms with Gasteiger partial charge in [-0.3, -0.25) is 9.59 Å². The fraction of sp³-hybridized carbons (Fsp3) is 0.615. The van der Waals surface area contributed by atoms with Gasteiger partial charge in [-0.2, -0.15) is 0 Å². The number of carbonyl (C=O) groups is 2. The molecule has 1 fully saturated rings. The Balaban J connectivity index is 1.85. The fourth-order valence-corrected chi connectivity index (χ4v) is 1.74. The van der Waals surface area contributed by atoms with E-state index >= 15 is 0 Å². The van der Waals surface area contributed by atoms with Crippen LogP contribution in [0.3, 0.4) is 0 Å². The molecule has 6 nitrogen and oxygen atoms in total. The third kappa shape index (κ3) is 3.56. The van der Waals surface area contributed by atoms with Gasteiger partial charge in [0.2, 0.25) is 0 Å². The molecule has 0 bridgehead atoms. The number of esters is 1. The zero-order valence-corrected chi connectivity index (χ0v) is 11.2. The van der Waals surface area contributed by atoms with E-state index in [1.807, 2.05) is 0 Å². The number of aromatic nitrogens is 1. The summed E-state index contributed by atoms with van der Waals surface area (Å²) in [5, 5.41) is 3.78. The van der Waals surface area contributed by atoms with Gasteiger partial charge in [0.1, 0.15) is 5.76 Å². The third-order valence-corrected chi connectivity index (χ3v) is 3.03. The van der Waals surface area contributed by atoms with Gasteiger partial charge in [-0.05, 0) is 19.8 Å². The molecule has 0 unspecified atom stereocenters. The molecule has 2 rings (SSSR count). The standard InChI is InChI=1S/C13H18N2O4/c1-3-18-12(16)6-7-15(2)13(17)10-8-11(19-14-10)9-4-5-9/h8-9H,3-7H2,1-2H3. The van der Waals surface area contributed by atoms with Crippen LogP contribution in [0.15, 0.2) is 10.6 Å². The molecule has 104 valence electrons. The van der Waals surface area contributed by atoms with Gasteiger partial charge in [0, 0.05) is 25.6 Å².